The Labute approximate surface area is 99.8 Å². The molecule has 0 aromatic carbocycles. The summed E-state index contributed by atoms with van der Waals surface area (Å²) in [4.78, 5) is 2.72. The predicted molar refractivity (Wildman–Crippen MR) is 67.6 cm³/mol. The number of nitrogens with zero attached hydrogens (tertiary/aromatic N) is 1. The average Bonchev–Trinajstić information content (AvgIpc) is 2.90. The van der Waals surface area contributed by atoms with Crippen molar-refractivity contribution in [3.63, 3.8) is 0 Å². The summed E-state index contributed by atoms with van der Waals surface area (Å²) in [5.41, 5.74) is 0. The summed E-state index contributed by atoms with van der Waals surface area (Å²) in [6.07, 6.45) is 9.99. The second kappa shape index (κ2) is 4.66. The summed E-state index contributed by atoms with van der Waals surface area (Å²) in [6.45, 7) is 5.05. The molecule has 0 spiro atoms. The SMILES string of the molecule is CCCC(NC1CCN2CCCC12)C1CC1. The average molecular weight is 222 g/mol. The zero-order valence-corrected chi connectivity index (χ0v) is 10.6. The van der Waals surface area contributed by atoms with Crippen LogP contribution in [0.25, 0.3) is 0 Å². The van der Waals surface area contributed by atoms with Gasteiger partial charge in [-0.1, -0.05) is 13.3 Å². The first-order chi connectivity index (χ1) is 7.88. The van der Waals surface area contributed by atoms with Gasteiger partial charge in [0.1, 0.15) is 0 Å². The molecule has 1 aliphatic carbocycles. The van der Waals surface area contributed by atoms with E-state index in [4.69, 9.17) is 0 Å². The van der Waals surface area contributed by atoms with Crippen molar-refractivity contribution in [2.45, 2.75) is 70.0 Å². The molecule has 0 amide bonds. The van der Waals surface area contributed by atoms with E-state index in [2.05, 4.69) is 17.1 Å². The van der Waals surface area contributed by atoms with Crippen molar-refractivity contribution < 1.29 is 0 Å². The van der Waals surface area contributed by atoms with E-state index in [1.807, 2.05) is 0 Å². The quantitative estimate of drug-likeness (QED) is 0.768. The van der Waals surface area contributed by atoms with E-state index in [0.29, 0.717) is 0 Å². The predicted octanol–water partition coefficient (Wildman–Crippen LogP) is 2.39. The van der Waals surface area contributed by atoms with Gasteiger partial charge in [-0.15, -0.1) is 0 Å². The molecular formula is C14H26N2. The van der Waals surface area contributed by atoms with Crippen molar-refractivity contribution in [1.29, 1.82) is 0 Å². The molecule has 0 aromatic heterocycles. The van der Waals surface area contributed by atoms with Gasteiger partial charge in [-0.05, 0) is 51.0 Å². The van der Waals surface area contributed by atoms with Gasteiger partial charge in [-0.2, -0.15) is 0 Å². The van der Waals surface area contributed by atoms with Crippen molar-refractivity contribution >= 4 is 0 Å². The van der Waals surface area contributed by atoms with Crippen LogP contribution < -0.4 is 5.32 Å². The fourth-order valence-corrected chi connectivity index (χ4v) is 3.82. The molecule has 3 rings (SSSR count). The largest absolute Gasteiger partial charge is 0.309 e. The van der Waals surface area contributed by atoms with Crippen molar-refractivity contribution in [2.24, 2.45) is 5.92 Å². The fraction of sp³-hybridized carbons (Fsp3) is 1.00. The zero-order chi connectivity index (χ0) is 11.0. The molecule has 2 aliphatic heterocycles. The highest BCUT2D eigenvalue weighted by molar-refractivity contribution is 4.98. The van der Waals surface area contributed by atoms with Crippen LogP contribution in [0.4, 0.5) is 0 Å². The van der Waals surface area contributed by atoms with Crippen LogP contribution in [0.15, 0.2) is 0 Å². The lowest BCUT2D eigenvalue weighted by Crippen LogP contribution is -2.45. The summed E-state index contributed by atoms with van der Waals surface area (Å²) >= 11 is 0. The first-order valence-electron chi connectivity index (χ1n) is 7.38. The van der Waals surface area contributed by atoms with E-state index in [1.165, 1.54) is 58.0 Å². The van der Waals surface area contributed by atoms with E-state index in [9.17, 15) is 0 Å². The molecule has 0 bridgehead atoms. The summed E-state index contributed by atoms with van der Waals surface area (Å²) in [5.74, 6) is 1.02. The highest BCUT2D eigenvalue weighted by Crippen LogP contribution is 2.36. The first kappa shape index (κ1) is 11.0. The molecule has 3 fully saturated rings. The van der Waals surface area contributed by atoms with Gasteiger partial charge in [0, 0.05) is 24.7 Å². The Morgan fingerprint density at radius 1 is 1.19 bits per heavy atom. The molecule has 0 radical (unpaired) electrons. The van der Waals surface area contributed by atoms with Crippen LogP contribution in [0.1, 0.15) is 51.9 Å². The Bertz CT molecular complexity index is 237. The number of nitrogens with one attached hydrogen (secondary N) is 1. The maximum absolute atomic E-state index is 4.01. The second-order valence-corrected chi connectivity index (χ2v) is 6.04. The van der Waals surface area contributed by atoms with Crippen molar-refractivity contribution in [1.82, 2.24) is 10.2 Å². The lowest BCUT2D eigenvalue weighted by atomic mass is 10.0. The van der Waals surface area contributed by atoms with Crippen LogP contribution in [-0.4, -0.2) is 36.1 Å². The summed E-state index contributed by atoms with van der Waals surface area (Å²) in [6, 6.07) is 2.55. The summed E-state index contributed by atoms with van der Waals surface area (Å²) in [5, 5.41) is 4.01. The van der Waals surface area contributed by atoms with Gasteiger partial charge in [-0.3, -0.25) is 4.90 Å². The van der Waals surface area contributed by atoms with Crippen LogP contribution in [0.3, 0.4) is 0 Å². The molecular weight excluding hydrogens is 196 g/mol. The third kappa shape index (κ3) is 2.14. The maximum Gasteiger partial charge on any atom is 0.0250 e. The standard InChI is InChI=1S/C14H26N2/c1-2-4-12(11-6-7-11)15-13-8-10-16-9-3-5-14(13)16/h11-15H,2-10H2,1H3. The lowest BCUT2D eigenvalue weighted by molar-refractivity contribution is 0.278. The van der Waals surface area contributed by atoms with Gasteiger partial charge >= 0.3 is 0 Å². The Hall–Kier alpha value is -0.0800. The van der Waals surface area contributed by atoms with Crippen molar-refractivity contribution in [3.05, 3.63) is 0 Å². The molecule has 2 nitrogen and oxygen atoms in total. The van der Waals surface area contributed by atoms with Crippen LogP contribution in [0, 0.1) is 5.92 Å². The Kier molecular flexibility index (Phi) is 3.21. The number of fused-ring (bicyclic) bond motifs is 1. The molecule has 3 aliphatic rings. The second-order valence-electron chi connectivity index (χ2n) is 6.04. The number of rotatable bonds is 5. The summed E-state index contributed by atoms with van der Waals surface area (Å²) in [7, 11) is 0. The monoisotopic (exact) mass is 222 g/mol. The van der Waals surface area contributed by atoms with Crippen molar-refractivity contribution in [3.8, 4) is 0 Å². The van der Waals surface area contributed by atoms with Gasteiger partial charge in [-0.25, -0.2) is 0 Å². The van der Waals surface area contributed by atoms with Crippen LogP contribution in [-0.2, 0) is 0 Å². The topological polar surface area (TPSA) is 15.3 Å². The normalized spacial score (nSPS) is 36.6. The van der Waals surface area contributed by atoms with E-state index in [0.717, 1.165) is 24.0 Å². The minimum atomic E-state index is 0.819. The Morgan fingerprint density at radius 3 is 2.81 bits per heavy atom. The molecule has 3 unspecified atom stereocenters. The molecule has 2 heterocycles. The third-order valence-electron chi connectivity index (χ3n) is 4.82. The van der Waals surface area contributed by atoms with Crippen LogP contribution >= 0.6 is 0 Å². The maximum atomic E-state index is 4.01. The molecule has 0 aromatic rings. The molecule has 2 heteroatoms. The third-order valence-corrected chi connectivity index (χ3v) is 4.82. The van der Waals surface area contributed by atoms with Gasteiger partial charge in [0.2, 0.25) is 0 Å². The molecule has 92 valence electrons. The van der Waals surface area contributed by atoms with Crippen LogP contribution in [0.5, 0.6) is 0 Å². The van der Waals surface area contributed by atoms with Gasteiger partial charge in [0.05, 0.1) is 0 Å². The van der Waals surface area contributed by atoms with Gasteiger partial charge < -0.3 is 5.32 Å². The Balaban J connectivity index is 1.56. The van der Waals surface area contributed by atoms with E-state index in [1.54, 1.807) is 0 Å². The summed E-state index contributed by atoms with van der Waals surface area (Å²) < 4.78 is 0. The highest BCUT2D eigenvalue weighted by atomic mass is 15.2. The van der Waals surface area contributed by atoms with Crippen LogP contribution in [0.2, 0.25) is 0 Å². The zero-order valence-electron chi connectivity index (χ0n) is 10.6. The van der Waals surface area contributed by atoms with E-state index < -0.39 is 0 Å². The minimum absolute atomic E-state index is 0.819. The molecule has 16 heavy (non-hydrogen) atoms. The Morgan fingerprint density at radius 2 is 2.06 bits per heavy atom. The smallest absolute Gasteiger partial charge is 0.0250 e. The minimum Gasteiger partial charge on any atom is -0.309 e. The molecule has 1 saturated carbocycles. The van der Waals surface area contributed by atoms with Gasteiger partial charge in [0.25, 0.3) is 0 Å². The number of hydrogen-bond donors (Lipinski definition) is 1. The van der Waals surface area contributed by atoms with Gasteiger partial charge in [0.15, 0.2) is 0 Å². The fourth-order valence-electron chi connectivity index (χ4n) is 3.82. The van der Waals surface area contributed by atoms with E-state index in [-0.39, 0.29) is 0 Å². The molecule has 2 saturated heterocycles. The number of hydrogen-bond acceptors (Lipinski definition) is 2. The molecule has 1 N–H and O–H groups in total. The molecule has 3 atom stereocenters. The highest BCUT2D eigenvalue weighted by Gasteiger charge is 2.40. The first-order valence-corrected chi connectivity index (χ1v) is 7.38. The lowest BCUT2D eigenvalue weighted by Gasteiger charge is -2.27. The van der Waals surface area contributed by atoms with E-state index >= 15 is 0 Å². The van der Waals surface area contributed by atoms with Crippen molar-refractivity contribution in [2.75, 3.05) is 13.1 Å².